The number of nitrogens with one attached hydrogen (secondary N) is 1. The Bertz CT molecular complexity index is 363. The summed E-state index contributed by atoms with van der Waals surface area (Å²) < 4.78 is 38.4. The molecule has 0 aromatic rings. The maximum atomic E-state index is 12.8. The molecule has 1 aliphatic carbocycles. The van der Waals surface area contributed by atoms with Crippen molar-refractivity contribution in [2.45, 2.75) is 32.0 Å². The van der Waals surface area contributed by atoms with Gasteiger partial charge in [0.2, 0.25) is 0 Å². The lowest BCUT2D eigenvalue weighted by Gasteiger charge is -2.18. The number of halogens is 3. The highest BCUT2D eigenvalue weighted by Crippen LogP contribution is 2.39. The minimum absolute atomic E-state index is 0.124. The Balaban J connectivity index is 2.34. The van der Waals surface area contributed by atoms with E-state index < -0.39 is 11.9 Å². The molecular weight excluding hydrogens is 215 g/mol. The number of hydrogen-bond acceptors (Lipinski definition) is 1. The van der Waals surface area contributed by atoms with Crippen LogP contribution in [-0.4, -0.2) is 12.2 Å². The molecule has 16 heavy (non-hydrogen) atoms. The smallest absolute Gasteiger partial charge is 0.374 e. The van der Waals surface area contributed by atoms with E-state index in [1.807, 2.05) is 19.1 Å². The van der Waals surface area contributed by atoms with Crippen LogP contribution in [0.2, 0.25) is 0 Å². The number of rotatable bonds is 2. The van der Waals surface area contributed by atoms with Crippen LogP contribution in [0.1, 0.15) is 19.8 Å². The molecule has 2 atom stereocenters. The molecule has 2 rings (SSSR count). The Morgan fingerprint density at radius 1 is 1.25 bits per heavy atom. The third-order valence-corrected chi connectivity index (χ3v) is 2.97. The zero-order valence-corrected chi connectivity index (χ0v) is 9.01. The van der Waals surface area contributed by atoms with Gasteiger partial charge >= 0.3 is 6.18 Å². The lowest BCUT2D eigenvalue weighted by Crippen LogP contribution is -2.31. The first-order chi connectivity index (χ1) is 7.54. The minimum Gasteiger partial charge on any atom is -0.374 e. The van der Waals surface area contributed by atoms with Gasteiger partial charge in [-0.05, 0) is 12.0 Å². The highest BCUT2D eigenvalue weighted by Gasteiger charge is 2.44. The Labute approximate surface area is 92.7 Å². The lowest BCUT2D eigenvalue weighted by atomic mass is 9.88. The van der Waals surface area contributed by atoms with Crippen molar-refractivity contribution in [1.29, 1.82) is 0 Å². The van der Waals surface area contributed by atoms with Crippen molar-refractivity contribution in [1.82, 2.24) is 5.32 Å². The third kappa shape index (κ3) is 1.88. The summed E-state index contributed by atoms with van der Waals surface area (Å²) in [4.78, 5) is 0. The maximum absolute atomic E-state index is 12.8. The second-order valence-corrected chi connectivity index (χ2v) is 4.11. The molecule has 1 N–H and O–H groups in total. The summed E-state index contributed by atoms with van der Waals surface area (Å²) in [6.45, 7) is 1.90. The lowest BCUT2D eigenvalue weighted by molar-refractivity contribution is -0.0967. The molecule has 0 saturated carbocycles. The second kappa shape index (κ2) is 4.00. The van der Waals surface area contributed by atoms with Crippen LogP contribution < -0.4 is 5.32 Å². The van der Waals surface area contributed by atoms with E-state index in [2.05, 4.69) is 5.32 Å². The summed E-state index contributed by atoms with van der Waals surface area (Å²) in [6.07, 6.45) is 4.22. The number of allylic oxidation sites excluding steroid dienone is 3. The fourth-order valence-electron chi connectivity index (χ4n) is 2.33. The highest BCUT2D eigenvalue weighted by atomic mass is 19.4. The molecule has 0 amide bonds. The van der Waals surface area contributed by atoms with Crippen molar-refractivity contribution in [3.05, 3.63) is 35.6 Å². The molecule has 2 aliphatic rings. The molecule has 0 spiro atoms. The molecule has 0 radical (unpaired) electrons. The van der Waals surface area contributed by atoms with Crippen LogP contribution in [0.15, 0.2) is 35.6 Å². The predicted octanol–water partition coefficient (Wildman–Crippen LogP) is 3.32. The standard InChI is InChI=1S/C12H14F3N/c1-2-5-9-8-6-3-4-7-10(8)16-11(9)12(13,14)15/h3-4,6-8,10,16H,2,5H2,1H3. The van der Waals surface area contributed by atoms with Crippen molar-refractivity contribution >= 4 is 0 Å². The monoisotopic (exact) mass is 229 g/mol. The van der Waals surface area contributed by atoms with Crippen molar-refractivity contribution in [3.8, 4) is 0 Å². The van der Waals surface area contributed by atoms with Crippen molar-refractivity contribution < 1.29 is 13.2 Å². The van der Waals surface area contributed by atoms with Crippen LogP contribution in [0.4, 0.5) is 13.2 Å². The quantitative estimate of drug-likeness (QED) is 0.766. The van der Waals surface area contributed by atoms with Gasteiger partial charge in [-0.25, -0.2) is 0 Å². The minimum atomic E-state index is -4.26. The number of fused-ring (bicyclic) bond motifs is 1. The molecule has 0 saturated heterocycles. The first-order valence-electron chi connectivity index (χ1n) is 5.45. The van der Waals surface area contributed by atoms with E-state index in [0.717, 1.165) is 6.42 Å². The number of hydrogen-bond donors (Lipinski definition) is 1. The SMILES string of the molecule is CCCC1=C(C(F)(F)F)NC2C=CC=CC12. The summed E-state index contributed by atoms with van der Waals surface area (Å²) in [5, 5.41) is 2.58. The fraction of sp³-hybridized carbons (Fsp3) is 0.500. The zero-order valence-electron chi connectivity index (χ0n) is 9.01. The van der Waals surface area contributed by atoms with E-state index in [9.17, 15) is 13.2 Å². The topological polar surface area (TPSA) is 12.0 Å². The Hall–Kier alpha value is -1.19. The molecule has 4 heteroatoms. The van der Waals surface area contributed by atoms with Gasteiger partial charge in [0.05, 0.1) is 6.04 Å². The third-order valence-electron chi connectivity index (χ3n) is 2.97. The van der Waals surface area contributed by atoms with Gasteiger partial charge in [0.1, 0.15) is 5.70 Å². The summed E-state index contributed by atoms with van der Waals surface area (Å²) in [5.41, 5.74) is -0.0267. The molecule has 2 unspecified atom stereocenters. The van der Waals surface area contributed by atoms with Gasteiger partial charge in [0.25, 0.3) is 0 Å². The van der Waals surface area contributed by atoms with Gasteiger partial charge in [0.15, 0.2) is 0 Å². The van der Waals surface area contributed by atoms with Gasteiger partial charge in [-0.15, -0.1) is 0 Å². The van der Waals surface area contributed by atoms with Gasteiger partial charge < -0.3 is 5.32 Å². The molecule has 0 aromatic carbocycles. The average molecular weight is 229 g/mol. The summed E-state index contributed by atoms with van der Waals surface area (Å²) >= 11 is 0. The molecule has 1 aliphatic heterocycles. The van der Waals surface area contributed by atoms with Gasteiger partial charge in [-0.2, -0.15) is 13.2 Å². The van der Waals surface area contributed by atoms with Crippen LogP contribution in [-0.2, 0) is 0 Å². The molecule has 0 fully saturated rings. The van der Waals surface area contributed by atoms with Crippen LogP contribution in [0.25, 0.3) is 0 Å². The van der Waals surface area contributed by atoms with Crippen molar-refractivity contribution in [2.75, 3.05) is 0 Å². The molecule has 1 nitrogen and oxygen atoms in total. The van der Waals surface area contributed by atoms with Crippen molar-refractivity contribution in [3.63, 3.8) is 0 Å². The molecule has 0 aromatic heterocycles. The largest absolute Gasteiger partial charge is 0.430 e. The van der Waals surface area contributed by atoms with Gasteiger partial charge in [-0.1, -0.05) is 37.6 Å². The average Bonchev–Trinajstić information content (AvgIpc) is 2.58. The van der Waals surface area contributed by atoms with Crippen LogP contribution in [0.3, 0.4) is 0 Å². The van der Waals surface area contributed by atoms with E-state index in [0.29, 0.717) is 12.0 Å². The second-order valence-electron chi connectivity index (χ2n) is 4.11. The molecular formula is C12H14F3N. The normalized spacial score (nSPS) is 28.2. The van der Waals surface area contributed by atoms with E-state index in [1.54, 1.807) is 12.2 Å². The fourth-order valence-corrected chi connectivity index (χ4v) is 2.33. The van der Waals surface area contributed by atoms with Crippen LogP contribution >= 0.6 is 0 Å². The Kier molecular flexibility index (Phi) is 2.82. The van der Waals surface area contributed by atoms with E-state index >= 15 is 0 Å². The van der Waals surface area contributed by atoms with E-state index in [1.165, 1.54) is 0 Å². The first-order valence-corrected chi connectivity index (χ1v) is 5.45. The number of alkyl halides is 3. The van der Waals surface area contributed by atoms with E-state index in [-0.39, 0.29) is 12.0 Å². The molecule has 1 heterocycles. The van der Waals surface area contributed by atoms with Gasteiger partial charge in [0, 0.05) is 5.92 Å². The molecule has 0 bridgehead atoms. The van der Waals surface area contributed by atoms with Crippen LogP contribution in [0.5, 0.6) is 0 Å². The van der Waals surface area contributed by atoms with Crippen molar-refractivity contribution in [2.24, 2.45) is 5.92 Å². The maximum Gasteiger partial charge on any atom is 0.430 e. The van der Waals surface area contributed by atoms with Crippen LogP contribution in [0, 0.1) is 5.92 Å². The first kappa shape index (κ1) is 11.3. The highest BCUT2D eigenvalue weighted by molar-refractivity contribution is 5.37. The zero-order chi connectivity index (χ0) is 11.8. The Morgan fingerprint density at radius 2 is 1.94 bits per heavy atom. The van der Waals surface area contributed by atoms with E-state index in [4.69, 9.17) is 0 Å². The predicted molar refractivity (Wildman–Crippen MR) is 56.7 cm³/mol. The summed E-state index contributed by atoms with van der Waals surface area (Å²) in [5.74, 6) is -0.124. The van der Waals surface area contributed by atoms with Gasteiger partial charge in [-0.3, -0.25) is 0 Å². The molecule has 88 valence electrons. The summed E-state index contributed by atoms with van der Waals surface area (Å²) in [6, 6.07) is -0.219. The Morgan fingerprint density at radius 3 is 2.56 bits per heavy atom. The summed E-state index contributed by atoms with van der Waals surface area (Å²) in [7, 11) is 0.